The Morgan fingerprint density at radius 3 is 2.46 bits per heavy atom. The lowest BCUT2D eigenvalue weighted by Crippen LogP contribution is -2.37. The van der Waals surface area contributed by atoms with E-state index in [-0.39, 0.29) is 5.97 Å². The van der Waals surface area contributed by atoms with Crippen LogP contribution in [0.15, 0.2) is 29.1 Å². The Hall–Kier alpha value is -2.98. The van der Waals surface area contributed by atoms with E-state index in [2.05, 4.69) is 14.8 Å². The number of rotatable bonds is 5. The minimum atomic E-state index is -5.19. The Labute approximate surface area is 146 Å². The molecule has 2 heterocycles. The molecule has 0 N–H and O–H groups in total. The van der Waals surface area contributed by atoms with Gasteiger partial charge in [0.1, 0.15) is 18.4 Å². The smallest absolute Gasteiger partial charge is 0.430 e. The lowest BCUT2D eigenvalue weighted by atomic mass is 10.3. The average Bonchev–Trinajstić information content (AvgIpc) is 3.01. The highest BCUT2D eigenvalue weighted by molar-refractivity contribution is 5.70. The van der Waals surface area contributed by atoms with Gasteiger partial charge in [0.15, 0.2) is 12.7 Å². The van der Waals surface area contributed by atoms with Gasteiger partial charge in [0.25, 0.3) is 0 Å². The Morgan fingerprint density at radius 2 is 2.04 bits per heavy atom. The maximum atomic E-state index is 11.0. The van der Waals surface area contributed by atoms with Crippen LogP contribution >= 0.6 is 0 Å². The van der Waals surface area contributed by atoms with E-state index >= 15 is 0 Å². The molecule has 142 valence electrons. The fraction of sp³-hybridized carbons (Fsp3) is 0.400. The first-order valence-corrected chi connectivity index (χ1v) is 7.26. The van der Waals surface area contributed by atoms with Crippen LogP contribution in [-0.4, -0.2) is 35.3 Å². The molecule has 2 aromatic heterocycles. The van der Waals surface area contributed by atoms with Crippen molar-refractivity contribution in [2.45, 2.75) is 32.5 Å². The highest BCUT2D eigenvalue weighted by atomic mass is 19.4. The second kappa shape index (κ2) is 9.49. The van der Waals surface area contributed by atoms with Crippen LogP contribution in [-0.2, 0) is 20.9 Å². The van der Waals surface area contributed by atoms with Gasteiger partial charge < -0.3 is 19.1 Å². The van der Waals surface area contributed by atoms with Gasteiger partial charge in [-0.15, -0.1) is 0 Å². The summed E-state index contributed by atoms with van der Waals surface area (Å²) in [4.78, 5) is 24.0. The topological polar surface area (TPSA) is 109 Å². The van der Waals surface area contributed by atoms with Crippen molar-refractivity contribution >= 4 is 11.9 Å². The first-order chi connectivity index (χ1) is 12.1. The van der Waals surface area contributed by atoms with Crippen molar-refractivity contribution in [2.75, 3.05) is 7.11 Å². The number of hydrogen-bond acceptors (Lipinski definition) is 7. The van der Waals surface area contributed by atoms with Gasteiger partial charge >= 0.3 is 12.1 Å². The molecule has 0 aliphatic rings. The van der Waals surface area contributed by atoms with Crippen LogP contribution in [0.2, 0.25) is 0 Å². The Kier molecular flexibility index (Phi) is 7.69. The van der Waals surface area contributed by atoms with Crippen LogP contribution in [0.4, 0.5) is 13.2 Å². The summed E-state index contributed by atoms with van der Waals surface area (Å²) in [6.45, 7) is 2.54. The SMILES string of the molecule is COC(=O)CCC[n+]1ccc(-c2nc(C)co2)cn1.O=C([O-])C(F)(F)F. The molecule has 0 radical (unpaired) electrons. The summed E-state index contributed by atoms with van der Waals surface area (Å²) in [6.07, 6.45) is 1.04. The molecule has 2 aromatic rings. The molecule has 26 heavy (non-hydrogen) atoms. The number of aliphatic carboxylic acids is 1. The third-order valence-electron chi connectivity index (χ3n) is 2.86. The molecule has 0 aliphatic heterocycles. The van der Waals surface area contributed by atoms with Crippen molar-refractivity contribution in [1.29, 1.82) is 0 Å². The number of ether oxygens (including phenoxy) is 1. The zero-order valence-corrected chi connectivity index (χ0v) is 13.9. The zero-order chi connectivity index (χ0) is 19.7. The minimum Gasteiger partial charge on any atom is -0.542 e. The summed E-state index contributed by atoms with van der Waals surface area (Å²) in [6, 6.07) is 1.89. The summed E-state index contributed by atoms with van der Waals surface area (Å²) in [5.41, 5.74) is 1.67. The first-order valence-electron chi connectivity index (χ1n) is 7.26. The molecule has 0 atom stereocenters. The lowest BCUT2D eigenvalue weighted by Gasteiger charge is -2.03. The monoisotopic (exact) mass is 375 g/mol. The predicted octanol–water partition coefficient (Wildman–Crippen LogP) is 0.584. The molecule has 0 amide bonds. The number of carbonyl (C=O) groups is 2. The number of carboxylic acid groups (broad SMARTS) is 1. The third kappa shape index (κ3) is 7.28. The van der Waals surface area contributed by atoms with Gasteiger partial charge in [0, 0.05) is 12.5 Å². The van der Waals surface area contributed by atoms with Gasteiger partial charge in [-0.1, -0.05) is 4.68 Å². The number of carbonyl (C=O) groups excluding carboxylic acids is 2. The summed E-state index contributed by atoms with van der Waals surface area (Å²) < 4.78 is 43.2. The number of nitrogens with zero attached hydrogens (tertiary/aromatic N) is 3. The second-order valence-corrected chi connectivity index (χ2v) is 4.94. The van der Waals surface area contributed by atoms with Gasteiger partial charge in [-0.25, -0.2) is 4.98 Å². The number of halogens is 3. The van der Waals surface area contributed by atoms with E-state index in [1.165, 1.54) is 7.11 Å². The van der Waals surface area contributed by atoms with Crippen molar-refractivity contribution in [2.24, 2.45) is 0 Å². The van der Waals surface area contributed by atoms with Crippen LogP contribution in [0.1, 0.15) is 18.5 Å². The van der Waals surface area contributed by atoms with Crippen molar-refractivity contribution < 1.29 is 41.7 Å². The largest absolute Gasteiger partial charge is 0.542 e. The number of oxazole rings is 1. The molecular weight excluding hydrogens is 359 g/mol. The van der Waals surface area contributed by atoms with Gasteiger partial charge in [-0.2, -0.15) is 13.2 Å². The lowest BCUT2D eigenvalue weighted by molar-refractivity contribution is -0.754. The predicted molar refractivity (Wildman–Crippen MR) is 77.0 cm³/mol. The molecule has 0 fully saturated rings. The fourth-order valence-corrected chi connectivity index (χ4v) is 1.62. The molecule has 0 unspecified atom stereocenters. The molecule has 0 saturated heterocycles. The zero-order valence-electron chi connectivity index (χ0n) is 13.9. The second-order valence-electron chi connectivity index (χ2n) is 4.94. The molecule has 0 aliphatic carbocycles. The van der Waals surface area contributed by atoms with E-state index < -0.39 is 12.1 Å². The van der Waals surface area contributed by atoms with Gasteiger partial charge in [-0.3, -0.25) is 4.79 Å². The number of methoxy groups -OCH3 is 1. The van der Waals surface area contributed by atoms with E-state index in [4.69, 9.17) is 14.3 Å². The number of aromatic nitrogens is 3. The van der Waals surface area contributed by atoms with Crippen molar-refractivity contribution in [3.8, 4) is 11.5 Å². The van der Waals surface area contributed by atoms with E-state index in [0.717, 1.165) is 11.3 Å². The summed E-state index contributed by atoms with van der Waals surface area (Å²) >= 11 is 0. The molecule has 8 nitrogen and oxygen atoms in total. The summed E-state index contributed by atoms with van der Waals surface area (Å²) in [5, 5.41) is 13.0. The average molecular weight is 375 g/mol. The number of esters is 1. The molecule has 0 bridgehead atoms. The highest BCUT2D eigenvalue weighted by Gasteiger charge is 2.28. The van der Waals surface area contributed by atoms with E-state index in [1.54, 1.807) is 17.1 Å². The first kappa shape index (κ1) is 21.1. The summed E-state index contributed by atoms with van der Waals surface area (Å²) in [7, 11) is 1.39. The minimum absolute atomic E-state index is 0.201. The van der Waals surface area contributed by atoms with Crippen LogP contribution in [0, 0.1) is 6.92 Å². The van der Waals surface area contributed by atoms with Gasteiger partial charge in [0.2, 0.25) is 5.89 Å². The molecule has 0 aromatic carbocycles. The van der Waals surface area contributed by atoms with Gasteiger partial charge in [0.05, 0.1) is 24.8 Å². The molecule has 0 saturated carbocycles. The van der Waals surface area contributed by atoms with Gasteiger partial charge in [-0.05, 0) is 12.0 Å². The Morgan fingerprint density at radius 1 is 1.38 bits per heavy atom. The van der Waals surface area contributed by atoms with Crippen molar-refractivity contribution in [3.05, 3.63) is 30.4 Å². The third-order valence-corrected chi connectivity index (χ3v) is 2.86. The summed E-state index contributed by atoms with van der Waals surface area (Å²) in [5.74, 6) is -2.65. The molecule has 2 rings (SSSR count). The quantitative estimate of drug-likeness (QED) is 0.555. The Bertz CT molecular complexity index is 729. The maximum Gasteiger partial charge on any atom is 0.430 e. The van der Waals surface area contributed by atoms with Crippen LogP contribution in [0.5, 0.6) is 0 Å². The van der Waals surface area contributed by atoms with Crippen molar-refractivity contribution in [3.63, 3.8) is 0 Å². The van der Waals surface area contributed by atoms with E-state index in [0.29, 0.717) is 25.3 Å². The van der Waals surface area contributed by atoms with Crippen LogP contribution in [0.3, 0.4) is 0 Å². The Balaban J connectivity index is 0.000000412. The molecular formula is C15H16F3N3O5. The highest BCUT2D eigenvalue weighted by Crippen LogP contribution is 2.15. The maximum absolute atomic E-state index is 11.0. The molecule has 11 heteroatoms. The molecule has 0 spiro atoms. The number of hydrogen-bond donors (Lipinski definition) is 0. The van der Waals surface area contributed by atoms with E-state index in [1.807, 2.05) is 19.2 Å². The normalized spacial score (nSPS) is 10.7. The van der Waals surface area contributed by atoms with Crippen LogP contribution < -0.4 is 9.79 Å². The van der Waals surface area contributed by atoms with Crippen molar-refractivity contribution in [1.82, 2.24) is 10.1 Å². The number of aryl methyl sites for hydroxylation is 2. The number of alkyl halides is 3. The number of carboxylic acids is 1. The van der Waals surface area contributed by atoms with Crippen LogP contribution in [0.25, 0.3) is 11.5 Å². The standard InChI is InChI=1S/C13H16N3O3.C2HF3O2/c1-10-9-19-13(15-10)11-5-7-16(14-8-11)6-3-4-12(17)18-2;3-2(4,5)1(6)7/h5,7-9H,3-4,6H2,1-2H3;(H,6,7)/q+1;/p-1. The van der Waals surface area contributed by atoms with E-state index in [9.17, 15) is 18.0 Å². The fourth-order valence-electron chi connectivity index (χ4n) is 1.62.